The quantitative estimate of drug-likeness (QED) is 0.784. The van der Waals surface area contributed by atoms with Gasteiger partial charge in [-0.3, -0.25) is 4.68 Å². The average Bonchev–Trinajstić information content (AvgIpc) is 2.71. The van der Waals surface area contributed by atoms with Crippen LogP contribution >= 0.6 is 12.2 Å². The summed E-state index contributed by atoms with van der Waals surface area (Å²) in [5, 5.41) is 8.58. The summed E-state index contributed by atoms with van der Waals surface area (Å²) in [7, 11) is 1.89. The average molecular weight is 235 g/mol. The van der Waals surface area contributed by atoms with Crippen molar-refractivity contribution in [2.24, 2.45) is 12.8 Å². The van der Waals surface area contributed by atoms with Crippen LogP contribution in [0.5, 0.6) is 0 Å². The molecule has 2 N–H and O–H groups in total. The molecule has 0 aliphatic rings. The van der Waals surface area contributed by atoms with Crippen molar-refractivity contribution in [1.29, 1.82) is 0 Å². The molecule has 0 aromatic carbocycles. The van der Waals surface area contributed by atoms with Gasteiger partial charge in [-0.2, -0.15) is 10.2 Å². The van der Waals surface area contributed by atoms with Gasteiger partial charge in [-0.1, -0.05) is 12.2 Å². The summed E-state index contributed by atoms with van der Waals surface area (Å²) < 4.78 is 3.54. The normalized spacial score (nSPS) is 10.7. The third-order valence-corrected chi connectivity index (χ3v) is 2.81. The van der Waals surface area contributed by atoms with Crippen molar-refractivity contribution in [2.45, 2.75) is 13.8 Å². The molecule has 0 radical (unpaired) electrons. The topological polar surface area (TPSA) is 61.7 Å². The molecule has 6 heteroatoms. The number of nitrogens with zero attached hydrogens (tertiary/aromatic N) is 4. The molecule has 84 valence electrons. The number of nitrogens with two attached hydrogens (primary N) is 1. The molecular weight excluding hydrogens is 222 g/mol. The molecule has 0 fully saturated rings. The van der Waals surface area contributed by atoms with Gasteiger partial charge in [-0.25, -0.2) is 4.68 Å². The Morgan fingerprint density at radius 2 is 2.12 bits per heavy atom. The highest BCUT2D eigenvalue weighted by molar-refractivity contribution is 7.80. The lowest BCUT2D eigenvalue weighted by molar-refractivity contribution is 0.708. The predicted octanol–water partition coefficient (Wildman–Crippen LogP) is 0.857. The second-order valence-corrected chi connectivity index (χ2v) is 4.13. The Morgan fingerprint density at radius 3 is 2.56 bits per heavy atom. The molecule has 2 aromatic heterocycles. The number of hydrogen-bond donors (Lipinski definition) is 1. The molecule has 2 aromatic rings. The van der Waals surface area contributed by atoms with Crippen LogP contribution in [-0.2, 0) is 7.05 Å². The monoisotopic (exact) mass is 235 g/mol. The minimum atomic E-state index is 0.358. The number of hydrogen-bond acceptors (Lipinski definition) is 3. The van der Waals surface area contributed by atoms with Gasteiger partial charge in [-0.05, 0) is 13.8 Å². The zero-order valence-electron chi connectivity index (χ0n) is 9.43. The van der Waals surface area contributed by atoms with Crippen LogP contribution in [0.4, 0.5) is 0 Å². The standard InChI is InChI=1S/C10H13N5S/c1-6-4-9(13-14(6)3)15-7(2)8(5-12-15)10(11)16/h4-5H,1-3H3,(H2,11,16). The zero-order valence-corrected chi connectivity index (χ0v) is 10.2. The first-order valence-corrected chi connectivity index (χ1v) is 5.27. The molecule has 0 amide bonds. The smallest absolute Gasteiger partial charge is 0.175 e. The third kappa shape index (κ3) is 1.61. The largest absolute Gasteiger partial charge is 0.389 e. The molecule has 0 unspecified atom stereocenters. The van der Waals surface area contributed by atoms with Crippen molar-refractivity contribution in [1.82, 2.24) is 19.6 Å². The molecule has 0 atom stereocenters. The molecule has 0 aliphatic heterocycles. The summed E-state index contributed by atoms with van der Waals surface area (Å²) in [6.45, 7) is 3.91. The summed E-state index contributed by atoms with van der Waals surface area (Å²) >= 11 is 4.94. The van der Waals surface area contributed by atoms with Gasteiger partial charge in [0.25, 0.3) is 0 Å². The summed E-state index contributed by atoms with van der Waals surface area (Å²) in [4.78, 5) is 0.358. The lowest BCUT2D eigenvalue weighted by Crippen LogP contribution is -2.11. The fraction of sp³-hybridized carbons (Fsp3) is 0.300. The Labute approximate surface area is 98.9 Å². The van der Waals surface area contributed by atoms with E-state index >= 15 is 0 Å². The van der Waals surface area contributed by atoms with Gasteiger partial charge >= 0.3 is 0 Å². The highest BCUT2D eigenvalue weighted by Crippen LogP contribution is 2.13. The Morgan fingerprint density at radius 1 is 1.44 bits per heavy atom. The van der Waals surface area contributed by atoms with E-state index in [1.165, 1.54) is 0 Å². The van der Waals surface area contributed by atoms with E-state index in [2.05, 4.69) is 10.2 Å². The van der Waals surface area contributed by atoms with Gasteiger partial charge in [0.1, 0.15) is 4.99 Å². The van der Waals surface area contributed by atoms with Gasteiger partial charge in [-0.15, -0.1) is 0 Å². The Kier molecular flexibility index (Phi) is 2.51. The maximum absolute atomic E-state index is 5.59. The van der Waals surface area contributed by atoms with Gasteiger partial charge in [0.2, 0.25) is 0 Å². The van der Waals surface area contributed by atoms with Crippen LogP contribution in [0.1, 0.15) is 17.0 Å². The van der Waals surface area contributed by atoms with Crippen LogP contribution in [-0.4, -0.2) is 24.5 Å². The highest BCUT2D eigenvalue weighted by atomic mass is 32.1. The summed E-state index contributed by atoms with van der Waals surface area (Å²) in [6, 6.07) is 1.96. The van der Waals surface area contributed by atoms with Crippen molar-refractivity contribution in [3.05, 3.63) is 29.2 Å². The van der Waals surface area contributed by atoms with E-state index in [0.29, 0.717) is 4.99 Å². The van der Waals surface area contributed by atoms with Crippen molar-refractivity contribution < 1.29 is 0 Å². The lowest BCUT2D eigenvalue weighted by Gasteiger charge is -2.00. The van der Waals surface area contributed by atoms with Crippen LogP contribution in [0.25, 0.3) is 5.82 Å². The number of rotatable bonds is 2. The zero-order chi connectivity index (χ0) is 11.9. The van der Waals surface area contributed by atoms with Crippen LogP contribution in [0.2, 0.25) is 0 Å². The number of thiocarbonyl (C=S) groups is 1. The van der Waals surface area contributed by atoms with Gasteiger partial charge in [0.05, 0.1) is 17.5 Å². The van der Waals surface area contributed by atoms with E-state index in [4.69, 9.17) is 18.0 Å². The maximum Gasteiger partial charge on any atom is 0.175 e. The molecule has 0 aliphatic carbocycles. The van der Waals surface area contributed by atoms with Crippen molar-refractivity contribution in [2.75, 3.05) is 0 Å². The van der Waals surface area contributed by atoms with E-state index in [9.17, 15) is 0 Å². The minimum Gasteiger partial charge on any atom is -0.389 e. The second-order valence-electron chi connectivity index (χ2n) is 3.69. The highest BCUT2D eigenvalue weighted by Gasteiger charge is 2.12. The first kappa shape index (κ1) is 10.8. The SMILES string of the molecule is Cc1cc(-n2ncc(C(N)=S)c2C)nn1C. The molecule has 2 rings (SSSR count). The first-order chi connectivity index (χ1) is 7.50. The van der Waals surface area contributed by atoms with Crippen LogP contribution < -0.4 is 5.73 Å². The Hall–Kier alpha value is -1.69. The second kappa shape index (κ2) is 3.71. The van der Waals surface area contributed by atoms with Crippen LogP contribution in [0.3, 0.4) is 0 Å². The van der Waals surface area contributed by atoms with Crippen molar-refractivity contribution in [3.63, 3.8) is 0 Å². The van der Waals surface area contributed by atoms with E-state index in [-0.39, 0.29) is 0 Å². The fourth-order valence-electron chi connectivity index (χ4n) is 1.53. The number of aromatic nitrogens is 4. The minimum absolute atomic E-state index is 0.358. The molecule has 16 heavy (non-hydrogen) atoms. The van der Waals surface area contributed by atoms with Gasteiger partial charge < -0.3 is 5.73 Å². The van der Waals surface area contributed by atoms with E-state index < -0.39 is 0 Å². The molecule has 0 bridgehead atoms. The van der Waals surface area contributed by atoms with E-state index in [1.807, 2.05) is 27.0 Å². The third-order valence-electron chi connectivity index (χ3n) is 2.59. The molecule has 0 saturated carbocycles. The first-order valence-electron chi connectivity index (χ1n) is 4.86. The van der Waals surface area contributed by atoms with E-state index in [1.54, 1.807) is 15.6 Å². The van der Waals surface area contributed by atoms with Gasteiger partial charge in [0.15, 0.2) is 5.82 Å². The molecule has 5 nitrogen and oxygen atoms in total. The van der Waals surface area contributed by atoms with E-state index in [0.717, 1.165) is 22.8 Å². The van der Waals surface area contributed by atoms with Crippen LogP contribution in [0.15, 0.2) is 12.3 Å². The molecule has 2 heterocycles. The van der Waals surface area contributed by atoms with Crippen molar-refractivity contribution >= 4 is 17.2 Å². The maximum atomic E-state index is 5.59. The summed E-state index contributed by atoms with van der Waals surface area (Å²) in [5.74, 6) is 0.778. The van der Waals surface area contributed by atoms with Gasteiger partial charge in [0, 0.05) is 18.8 Å². The Balaban J connectivity index is 2.53. The Bertz CT molecular complexity index is 532. The number of aryl methyl sites for hydroxylation is 2. The lowest BCUT2D eigenvalue weighted by atomic mass is 10.2. The fourth-order valence-corrected chi connectivity index (χ4v) is 1.73. The molecular formula is C10H13N5S. The van der Waals surface area contributed by atoms with Crippen molar-refractivity contribution in [3.8, 4) is 5.82 Å². The predicted molar refractivity (Wildman–Crippen MR) is 65.7 cm³/mol. The summed E-state index contributed by atoms with van der Waals surface area (Å²) in [5.41, 5.74) is 8.36. The van der Waals surface area contributed by atoms with Crippen LogP contribution in [0, 0.1) is 13.8 Å². The molecule has 0 saturated heterocycles. The summed E-state index contributed by atoms with van der Waals surface area (Å²) in [6.07, 6.45) is 1.67. The molecule has 0 spiro atoms.